The van der Waals surface area contributed by atoms with Crippen molar-refractivity contribution >= 4 is 11.9 Å². The lowest BCUT2D eigenvalue weighted by Gasteiger charge is -2.45. The first kappa shape index (κ1) is 21.5. The van der Waals surface area contributed by atoms with Gasteiger partial charge in [-0.1, -0.05) is 17.9 Å². The highest BCUT2D eigenvalue weighted by molar-refractivity contribution is 6.08. The fourth-order valence-corrected chi connectivity index (χ4v) is 5.90. The molecule has 2 unspecified atom stereocenters. The monoisotopic (exact) mass is 434 g/mol. The summed E-state index contributed by atoms with van der Waals surface area (Å²) in [4.78, 5) is 20.8. The number of carbonyl (C=O) groups is 1. The van der Waals surface area contributed by atoms with Gasteiger partial charge in [0.25, 0.3) is 5.91 Å². The fraction of sp³-hybridized carbons (Fsp3) is 0.615. The number of nitrogens with zero attached hydrogens (tertiary/aromatic N) is 2. The van der Waals surface area contributed by atoms with Crippen LogP contribution in [0, 0.1) is 23.2 Å². The highest BCUT2D eigenvalue weighted by atomic mass is 16.5. The van der Waals surface area contributed by atoms with E-state index in [-0.39, 0.29) is 23.5 Å². The van der Waals surface area contributed by atoms with Crippen molar-refractivity contribution in [2.45, 2.75) is 76.0 Å². The molecule has 0 radical (unpaired) electrons. The number of carbonyl (C=O) groups excluding carboxylic acids is 1. The van der Waals surface area contributed by atoms with Crippen LogP contribution in [0.2, 0.25) is 0 Å². The van der Waals surface area contributed by atoms with E-state index in [9.17, 15) is 4.79 Å². The molecule has 3 aliphatic carbocycles. The van der Waals surface area contributed by atoms with Crippen molar-refractivity contribution in [1.82, 2.24) is 4.90 Å². The minimum absolute atomic E-state index is 0.00147. The van der Waals surface area contributed by atoms with Gasteiger partial charge >= 0.3 is 0 Å². The molecule has 1 amide bonds. The summed E-state index contributed by atoms with van der Waals surface area (Å²) in [5.41, 5.74) is 14.4. The van der Waals surface area contributed by atoms with Crippen LogP contribution in [-0.4, -0.2) is 42.6 Å². The molecule has 1 aliphatic heterocycles. The van der Waals surface area contributed by atoms with Gasteiger partial charge in [0.15, 0.2) is 11.5 Å². The summed E-state index contributed by atoms with van der Waals surface area (Å²) in [5, 5.41) is 0. The van der Waals surface area contributed by atoms with Crippen LogP contribution in [0.1, 0.15) is 68.6 Å². The lowest BCUT2D eigenvalue weighted by molar-refractivity contribution is -0.138. The van der Waals surface area contributed by atoms with Crippen molar-refractivity contribution in [3.8, 4) is 11.8 Å². The second-order valence-electron chi connectivity index (χ2n) is 10.2. The number of aliphatic imine (C=N–C) groups is 1. The Bertz CT molecular complexity index is 1010. The van der Waals surface area contributed by atoms with Crippen molar-refractivity contribution in [3.05, 3.63) is 34.9 Å². The number of hydrogen-bond donors (Lipinski definition) is 2. The molecule has 170 valence electrons. The molecule has 2 fully saturated rings. The molecular formula is C26H34N4O2. The molecule has 1 aromatic carbocycles. The summed E-state index contributed by atoms with van der Waals surface area (Å²) < 4.78 is 5.65. The van der Waals surface area contributed by atoms with Crippen LogP contribution in [0.4, 0.5) is 0 Å². The zero-order valence-corrected chi connectivity index (χ0v) is 19.2. The van der Waals surface area contributed by atoms with Crippen LogP contribution in [-0.2, 0) is 21.5 Å². The predicted molar refractivity (Wildman–Crippen MR) is 125 cm³/mol. The van der Waals surface area contributed by atoms with Gasteiger partial charge in [0, 0.05) is 36.6 Å². The maximum absolute atomic E-state index is 14.2. The third-order valence-corrected chi connectivity index (χ3v) is 7.94. The summed E-state index contributed by atoms with van der Waals surface area (Å²) in [6.07, 6.45) is 7.83. The Morgan fingerprint density at radius 3 is 2.69 bits per heavy atom. The summed E-state index contributed by atoms with van der Waals surface area (Å²) in [5.74, 6) is 7.56. The topological polar surface area (TPSA) is 93.9 Å². The van der Waals surface area contributed by atoms with E-state index in [1.807, 2.05) is 6.92 Å². The average Bonchev–Trinajstić information content (AvgIpc) is 3.52. The molecule has 4 N–H and O–H groups in total. The summed E-state index contributed by atoms with van der Waals surface area (Å²) in [6, 6.07) is 6.38. The number of fused-ring (bicyclic) bond motifs is 3. The van der Waals surface area contributed by atoms with Crippen LogP contribution in [0.5, 0.6) is 0 Å². The normalized spacial score (nSPS) is 32.1. The standard InChI is InChI=1S/C26H34N4O2/c1-17(27)11-14-30-23(31)26(29-24(30)28)22-15-19(6-5-18-3-4-18)7-8-20(22)16-25(26)12-9-21(32-2)10-13-25/h7-8,15,17-18,21H,3-4,9-14,16,27H2,1-2H3,(H2,28,29). The van der Waals surface area contributed by atoms with Crippen molar-refractivity contribution in [2.24, 2.45) is 27.8 Å². The third kappa shape index (κ3) is 3.34. The number of rotatable bonds is 4. The Balaban J connectivity index is 1.58. The van der Waals surface area contributed by atoms with Gasteiger partial charge in [0.1, 0.15) is 0 Å². The number of ether oxygens (including phenoxy) is 1. The molecule has 2 atom stereocenters. The number of benzene rings is 1. The van der Waals surface area contributed by atoms with Crippen LogP contribution >= 0.6 is 0 Å². The van der Waals surface area contributed by atoms with Gasteiger partial charge in [-0.05, 0) is 81.5 Å². The van der Waals surface area contributed by atoms with Crippen molar-refractivity contribution in [2.75, 3.05) is 13.7 Å². The Hall–Kier alpha value is -2.36. The van der Waals surface area contributed by atoms with Crippen molar-refractivity contribution in [3.63, 3.8) is 0 Å². The number of nitrogens with two attached hydrogens (primary N) is 2. The Morgan fingerprint density at radius 1 is 1.28 bits per heavy atom. The molecule has 0 bridgehead atoms. The van der Waals surface area contributed by atoms with Gasteiger partial charge in [0.05, 0.1) is 6.10 Å². The van der Waals surface area contributed by atoms with Gasteiger partial charge in [-0.2, -0.15) is 0 Å². The van der Waals surface area contributed by atoms with Gasteiger partial charge in [0.2, 0.25) is 0 Å². The quantitative estimate of drug-likeness (QED) is 0.713. The molecule has 5 rings (SSSR count). The first-order valence-corrected chi connectivity index (χ1v) is 12.0. The summed E-state index contributed by atoms with van der Waals surface area (Å²) in [6.45, 7) is 2.45. The van der Waals surface area contributed by atoms with Crippen molar-refractivity contribution in [1.29, 1.82) is 0 Å². The molecule has 32 heavy (non-hydrogen) atoms. The van der Waals surface area contributed by atoms with Gasteiger partial charge in [-0.15, -0.1) is 0 Å². The zero-order chi connectivity index (χ0) is 22.5. The Labute approximate surface area is 190 Å². The lowest BCUT2D eigenvalue weighted by atomic mass is 9.61. The highest BCUT2D eigenvalue weighted by Gasteiger charge is 2.66. The largest absolute Gasteiger partial charge is 0.381 e. The van der Waals surface area contributed by atoms with E-state index in [4.69, 9.17) is 21.2 Å². The number of guanidine groups is 1. The number of methoxy groups -OCH3 is 1. The van der Waals surface area contributed by atoms with E-state index >= 15 is 0 Å². The minimum Gasteiger partial charge on any atom is -0.381 e. The molecule has 6 heteroatoms. The van der Waals surface area contributed by atoms with Gasteiger partial charge in [-0.25, -0.2) is 4.99 Å². The predicted octanol–water partition coefficient (Wildman–Crippen LogP) is 2.67. The SMILES string of the molecule is COC1CCC2(CC1)Cc1ccc(C#CC3CC3)cc1C21N=C(N)N(CCC(C)N)C1=O. The van der Waals surface area contributed by atoms with E-state index in [2.05, 4.69) is 30.0 Å². The number of hydrogen-bond acceptors (Lipinski definition) is 5. The molecule has 0 aromatic heterocycles. The van der Waals surface area contributed by atoms with E-state index in [1.165, 1.54) is 18.4 Å². The van der Waals surface area contributed by atoms with E-state index in [1.54, 1.807) is 12.0 Å². The lowest BCUT2D eigenvalue weighted by Crippen LogP contribution is -2.52. The second-order valence-corrected chi connectivity index (χ2v) is 10.2. The average molecular weight is 435 g/mol. The Kier molecular flexibility index (Phi) is 5.30. The molecule has 0 saturated heterocycles. The number of amides is 1. The molecule has 2 spiro atoms. The van der Waals surface area contributed by atoms with E-state index in [0.717, 1.165) is 43.2 Å². The minimum atomic E-state index is -0.958. The van der Waals surface area contributed by atoms with Crippen LogP contribution in [0.15, 0.2) is 23.2 Å². The van der Waals surface area contributed by atoms with E-state index in [0.29, 0.717) is 24.8 Å². The molecule has 4 aliphatic rings. The Morgan fingerprint density at radius 2 is 2.03 bits per heavy atom. The molecule has 1 heterocycles. The van der Waals surface area contributed by atoms with Crippen LogP contribution in [0.25, 0.3) is 0 Å². The van der Waals surface area contributed by atoms with Crippen molar-refractivity contribution < 1.29 is 9.53 Å². The molecular weight excluding hydrogens is 400 g/mol. The van der Waals surface area contributed by atoms with Gasteiger partial charge in [-0.3, -0.25) is 9.69 Å². The maximum Gasteiger partial charge on any atom is 0.262 e. The van der Waals surface area contributed by atoms with Gasteiger partial charge < -0.3 is 16.2 Å². The highest BCUT2D eigenvalue weighted by Crippen LogP contribution is 2.62. The fourth-order valence-electron chi connectivity index (χ4n) is 5.90. The van der Waals surface area contributed by atoms with Crippen LogP contribution < -0.4 is 11.5 Å². The van der Waals surface area contributed by atoms with Crippen LogP contribution in [0.3, 0.4) is 0 Å². The van der Waals surface area contributed by atoms with E-state index < -0.39 is 5.54 Å². The maximum atomic E-state index is 14.2. The summed E-state index contributed by atoms with van der Waals surface area (Å²) in [7, 11) is 1.78. The first-order chi connectivity index (χ1) is 15.4. The zero-order valence-electron chi connectivity index (χ0n) is 19.2. The summed E-state index contributed by atoms with van der Waals surface area (Å²) >= 11 is 0. The first-order valence-electron chi connectivity index (χ1n) is 12.0. The molecule has 1 aromatic rings. The molecule has 2 saturated carbocycles. The second kappa shape index (κ2) is 7.90. The third-order valence-electron chi connectivity index (χ3n) is 7.94. The smallest absolute Gasteiger partial charge is 0.262 e. The molecule has 6 nitrogen and oxygen atoms in total.